The molecular weight excluding hydrogens is 296 g/mol. The van der Waals surface area contributed by atoms with E-state index in [-0.39, 0.29) is 17.4 Å². The van der Waals surface area contributed by atoms with Crippen molar-refractivity contribution in [3.8, 4) is 0 Å². The van der Waals surface area contributed by atoms with Crippen molar-refractivity contribution in [2.45, 2.75) is 39.2 Å². The van der Waals surface area contributed by atoms with E-state index in [0.29, 0.717) is 30.3 Å². The van der Waals surface area contributed by atoms with Crippen molar-refractivity contribution < 1.29 is 9.90 Å². The van der Waals surface area contributed by atoms with E-state index in [9.17, 15) is 14.4 Å². The van der Waals surface area contributed by atoms with E-state index in [1.807, 2.05) is 19.1 Å². The number of aliphatic carboxylic acids is 1. The van der Waals surface area contributed by atoms with E-state index in [1.54, 1.807) is 6.07 Å². The molecule has 0 atom stereocenters. The number of aromatic nitrogens is 2. The molecule has 6 heteroatoms. The standard InChI is InChI=1S/C17H20N2O4/c1-10-3-2-4-13-14(10)15(20)19(17(23)18-13)9-11-5-7-12(8-6-11)16(21)22/h2-4,11-12H,5-9H2,1H3,(H,18,23)(H,21,22)/t11-,12-. The predicted octanol–water partition coefficient (Wildman–Crippen LogP) is 1.89. The lowest BCUT2D eigenvalue weighted by atomic mass is 9.82. The van der Waals surface area contributed by atoms with E-state index in [4.69, 9.17) is 5.11 Å². The van der Waals surface area contributed by atoms with Gasteiger partial charge in [0.15, 0.2) is 0 Å². The number of hydrogen-bond donors (Lipinski definition) is 2. The summed E-state index contributed by atoms with van der Waals surface area (Å²) in [6.45, 7) is 2.20. The first-order chi connectivity index (χ1) is 11.0. The molecule has 6 nitrogen and oxygen atoms in total. The molecule has 23 heavy (non-hydrogen) atoms. The van der Waals surface area contributed by atoms with E-state index >= 15 is 0 Å². The molecule has 1 saturated carbocycles. The first-order valence-electron chi connectivity index (χ1n) is 7.92. The second-order valence-corrected chi connectivity index (χ2v) is 6.40. The highest BCUT2D eigenvalue weighted by atomic mass is 16.4. The predicted molar refractivity (Wildman–Crippen MR) is 86.6 cm³/mol. The van der Waals surface area contributed by atoms with Crippen molar-refractivity contribution in [3.05, 3.63) is 44.6 Å². The van der Waals surface area contributed by atoms with E-state index in [0.717, 1.165) is 18.4 Å². The number of carboxylic acids is 1. The first-order valence-corrected chi connectivity index (χ1v) is 7.92. The number of aromatic amines is 1. The average molecular weight is 316 g/mol. The monoisotopic (exact) mass is 316 g/mol. The SMILES string of the molecule is Cc1cccc2[nH]c(=O)n(C[C@H]3CC[C@H](C(=O)O)CC3)c(=O)c12. The van der Waals surface area contributed by atoms with Crippen molar-refractivity contribution in [1.29, 1.82) is 0 Å². The Bertz CT molecular complexity index is 857. The summed E-state index contributed by atoms with van der Waals surface area (Å²) in [5.74, 6) is -0.870. The third-order valence-electron chi connectivity index (χ3n) is 4.86. The van der Waals surface area contributed by atoms with Crippen LogP contribution in [0.4, 0.5) is 0 Å². The number of H-pyrrole nitrogens is 1. The Balaban J connectivity index is 1.90. The van der Waals surface area contributed by atoms with Crippen LogP contribution in [0.5, 0.6) is 0 Å². The molecule has 1 aromatic heterocycles. The van der Waals surface area contributed by atoms with Crippen LogP contribution in [0.2, 0.25) is 0 Å². The van der Waals surface area contributed by atoms with Gasteiger partial charge in [0.2, 0.25) is 0 Å². The molecule has 1 heterocycles. The second kappa shape index (κ2) is 6.02. The van der Waals surface area contributed by atoms with Crippen molar-refractivity contribution in [3.63, 3.8) is 0 Å². The van der Waals surface area contributed by atoms with Crippen LogP contribution in [0.1, 0.15) is 31.2 Å². The molecule has 2 N–H and O–H groups in total. The summed E-state index contributed by atoms with van der Waals surface area (Å²) in [6.07, 6.45) is 2.68. The summed E-state index contributed by atoms with van der Waals surface area (Å²) >= 11 is 0. The molecule has 0 saturated heterocycles. The van der Waals surface area contributed by atoms with Crippen LogP contribution in [0.15, 0.2) is 27.8 Å². The number of carboxylic acid groups (broad SMARTS) is 1. The van der Waals surface area contributed by atoms with Gasteiger partial charge in [-0.3, -0.25) is 14.2 Å². The highest BCUT2D eigenvalue weighted by molar-refractivity contribution is 5.80. The van der Waals surface area contributed by atoms with Gasteiger partial charge in [0, 0.05) is 6.54 Å². The van der Waals surface area contributed by atoms with Crippen molar-refractivity contribution in [1.82, 2.24) is 9.55 Å². The molecule has 1 aromatic carbocycles. The number of aryl methyl sites for hydroxylation is 1. The number of nitrogens with zero attached hydrogens (tertiary/aromatic N) is 1. The molecule has 1 aliphatic rings. The van der Waals surface area contributed by atoms with Gasteiger partial charge in [0.05, 0.1) is 16.8 Å². The second-order valence-electron chi connectivity index (χ2n) is 6.40. The molecule has 0 spiro atoms. The van der Waals surface area contributed by atoms with Gasteiger partial charge < -0.3 is 10.1 Å². The topological polar surface area (TPSA) is 92.2 Å². The minimum atomic E-state index is -0.750. The molecule has 0 aliphatic heterocycles. The summed E-state index contributed by atoms with van der Waals surface area (Å²) in [6, 6.07) is 5.39. The largest absolute Gasteiger partial charge is 0.481 e. The summed E-state index contributed by atoms with van der Waals surface area (Å²) in [5, 5.41) is 9.59. The minimum Gasteiger partial charge on any atom is -0.481 e. The Labute approximate surface area is 132 Å². The highest BCUT2D eigenvalue weighted by Gasteiger charge is 2.26. The number of hydrogen-bond acceptors (Lipinski definition) is 3. The number of carbonyl (C=O) groups is 1. The van der Waals surface area contributed by atoms with Crippen LogP contribution in [0, 0.1) is 18.8 Å². The summed E-state index contributed by atoms with van der Waals surface area (Å²) in [7, 11) is 0. The molecule has 0 amide bonds. The smallest absolute Gasteiger partial charge is 0.328 e. The van der Waals surface area contributed by atoms with Crippen LogP contribution < -0.4 is 11.2 Å². The summed E-state index contributed by atoms with van der Waals surface area (Å²) in [5.41, 5.74) is 0.744. The van der Waals surface area contributed by atoms with Gasteiger partial charge in [-0.05, 0) is 50.2 Å². The maximum atomic E-state index is 12.7. The fourth-order valence-electron chi connectivity index (χ4n) is 3.48. The quantitative estimate of drug-likeness (QED) is 0.904. The van der Waals surface area contributed by atoms with Gasteiger partial charge in [-0.1, -0.05) is 12.1 Å². The minimum absolute atomic E-state index is 0.172. The number of fused-ring (bicyclic) bond motifs is 1. The zero-order chi connectivity index (χ0) is 16.6. The lowest BCUT2D eigenvalue weighted by Crippen LogP contribution is -2.38. The Kier molecular flexibility index (Phi) is 4.07. The van der Waals surface area contributed by atoms with Crippen LogP contribution >= 0.6 is 0 Å². The van der Waals surface area contributed by atoms with Crippen LogP contribution in [-0.2, 0) is 11.3 Å². The normalized spacial score (nSPS) is 21.4. The third kappa shape index (κ3) is 2.93. The van der Waals surface area contributed by atoms with Crippen molar-refractivity contribution in [2.75, 3.05) is 0 Å². The Hall–Kier alpha value is -2.37. The fraction of sp³-hybridized carbons (Fsp3) is 0.471. The average Bonchev–Trinajstić information content (AvgIpc) is 2.51. The molecule has 2 aromatic rings. The maximum Gasteiger partial charge on any atom is 0.328 e. The lowest BCUT2D eigenvalue weighted by Gasteiger charge is -2.26. The first kappa shape index (κ1) is 15.5. The fourth-order valence-corrected chi connectivity index (χ4v) is 3.48. The lowest BCUT2D eigenvalue weighted by molar-refractivity contribution is -0.143. The molecule has 3 rings (SSSR count). The van der Waals surface area contributed by atoms with E-state index in [1.165, 1.54) is 4.57 Å². The Morgan fingerprint density at radius 1 is 1.26 bits per heavy atom. The number of rotatable bonds is 3. The van der Waals surface area contributed by atoms with E-state index in [2.05, 4.69) is 4.98 Å². The maximum absolute atomic E-state index is 12.7. The van der Waals surface area contributed by atoms with E-state index < -0.39 is 11.7 Å². The van der Waals surface area contributed by atoms with Crippen molar-refractivity contribution in [2.24, 2.45) is 11.8 Å². The van der Waals surface area contributed by atoms with Gasteiger partial charge in [0.1, 0.15) is 0 Å². The third-order valence-corrected chi connectivity index (χ3v) is 4.86. The molecule has 1 fully saturated rings. The van der Waals surface area contributed by atoms with Gasteiger partial charge in [-0.15, -0.1) is 0 Å². The van der Waals surface area contributed by atoms with Gasteiger partial charge in [-0.2, -0.15) is 0 Å². The summed E-state index contributed by atoms with van der Waals surface area (Å²) < 4.78 is 1.26. The molecule has 0 unspecified atom stereocenters. The van der Waals surface area contributed by atoms with Gasteiger partial charge in [0.25, 0.3) is 5.56 Å². The zero-order valence-electron chi connectivity index (χ0n) is 13.0. The molecule has 0 radical (unpaired) electrons. The van der Waals surface area contributed by atoms with Crippen LogP contribution in [-0.4, -0.2) is 20.6 Å². The van der Waals surface area contributed by atoms with Crippen LogP contribution in [0.25, 0.3) is 10.9 Å². The molecule has 0 bridgehead atoms. The highest BCUT2D eigenvalue weighted by Crippen LogP contribution is 2.29. The van der Waals surface area contributed by atoms with Gasteiger partial charge >= 0.3 is 11.7 Å². The molecule has 1 aliphatic carbocycles. The Morgan fingerprint density at radius 3 is 2.61 bits per heavy atom. The zero-order valence-corrected chi connectivity index (χ0v) is 13.0. The van der Waals surface area contributed by atoms with Crippen LogP contribution in [0.3, 0.4) is 0 Å². The molecular formula is C17H20N2O4. The Morgan fingerprint density at radius 2 is 1.96 bits per heavy atom. The summed E-state index contributed by atoms with van der Waals surface area (Å²) in [4.78, 5) is 38.7. The van der Waals surface area contributed by atoms with Crippen molar-refractivity contribution >= 4 is 16.9 Å². The molecule has 122 valence electrons. The number of nitrogens with one attached hydrogen (secondary N) is 1. The van der Waals surface area contributed by atoms with Gasteiger partial charge in [-0.25, -0.2) is 4.79 Å². The number of benzene rings is 1.